The molecule has 2 aromatic carbocycles. The van der Waals surface area contributed by atoms with Gasteiger partial charge >= 0.3 is 0 Å². The van der Waals surface area contributed by atoms with Gasteiger partial charge in [0, 0.05) is 17.7 Å². The fourth-order valence-electron chi connectivity index (χ4n) is 2.58. The molecule has 0 spiro atoms. The Labute approximate surface area is 149 Å². The second kappa shape index (κ2) is 6.87. The van der Waals surface area contributed by atoms with Gasteiger partial charge in [-0.05, 0) is 36.4 Å². The van der Waals surface area contributed by atoms with E-state index in [4.69, 9.17) is 14.0 Å². The van der Waals surface area contributed by atoms with E-state index in [0.29, 0.717) is 35.3 Å². The highest BCUT2D eigenvalue weighted by Crippen LogP contribution is 2.31. The first-order valence-electron chi connectivity index (χ1n) is 8.35. The van der Waals surface area contributed by atoms with Crippen molar-refractivity contribution in [3.8, 4) is 23.0 Å². The molecular weight excluding hydrogens is 334 g/mol. The predicted octanol–water partition coefficient (Wildman–Crippen LogP) is 3.08. The smallest absolute Gasteiger partial charge is 0.269 e. The number of fused-ring (bicyclic) bond motifs is 1. The van der Waals surface area contributed by atoms with Crippen molar-refractivity contribution >= 4 is 11.6 Å². The van der Waals surface area contributed by atoms with E-state index < -0.39 is 6.10 Å². The maximum absolute atomic E-state index is 12.4. The van der Waals surface area contributed by atoms with Crippen molar-refractivity contribution in [3.05, 3.63) is 54.4 Å². The number of nitrogens with zero attached hydrogens (tertiary/aromatic N) is 2. The molecule has 1 amide bonds. The fourth-order valence-corrected chi connectivity index (χ4v) is 2.58. The van der Waals surface area contributed by atoms with Crippen molar-refractivity contribution < 1.29 is 18.8 Å². The summed E-state index contributed by atoms with van der Waals surface area (Å²) in [5, 5.41) is 6.70. The number of rotatable bonds is 4. The van der Waals surface area contributed by atoms with Crippen LogP contribution in [0.1, 0.15) is 12.7 Å². The number of hydrogen-bond acceptors (Lipinski definition) is 6. The lowest BCUT2D eigenvalue weighted by Gasteiger charge is -2.25. The Morgan fingerprint density at radius 1 is 1.15 bits per heavy atom. The van der Waals surface area contributed by atoms with Gasteiger partial charge in [0.2, 0.25) is 6.10 Å². The SMILES string of the molecule is CCc1noc(-c2ccc(NC(=O)[C@H]3COc4ccccc4O3)cc2)n1. The van der Waals surface area contributed by atoms with Crippen LogP contribution in [-0.2, 0) is 11.2 Å². The van der Waals surface area contributed by atoms with Gasteiger partial charge in [-0.1, -0.05) is 24.2 Å². The summed E-state index contributed by atoms with van der Waals surface area (Å²) in [7, 11) is 0. The number of aryl methyl sites for hydroxylation is 1. The Balaban J connectivity index is 1.42. The molecule has 1 atom stereocenters. The minimum absolute atomic E-state index is 0.169. The number of hydrogen-bond donors (Lipinski definition) is 1. The Kier molecular flexibility index (Phi) is 4.27. The third-order valence-electron chi connectivity index (χ3n) is 3.98. The van der Waals surface area contributed by atoms with E-state index in [-0.39, 0.29) is 12.5 Å². The summed E-state index contributed by atoms with van der Waals surface area (Å²) in [6, 6.07) is 14.5. The largest absolute Gasteiger partial charge is 0.485 e. The Bertz CT molecular complexity index is 921. The average Bonchev–Trinajstić information content (AvgIpc) is 3.17. The molecule has 0 fully saturated rings. The molecule has 0 unspecified atom stereocenters. The zero-order chi connectivity index (χ0) is 17.9. The fraction of sp³-hybridized carbons (Fsp3) is 0.211. The van der Waals surface area contributed by atoms with Gasteiger partial charge in [0.15, 0.2) is 17.3 Å². The summed E-state index contributed by atoms with van der Waals surface area (Å²) in [6.07, 6.45) is 0.0113. The van der Waals surface area contributed by atoms with Crippen LogP contribution < -0.4 is 14.8 Å². The Hall–Kier alpha value is -3.35. The summed E-state index contributed by atoms with van der Waals surface area (Å²) in [5.74, 6) is 2.06. The molecule has 0 saturated heterocycles. The molecule has 132 valence electrons. The van der Waals surface area contributed by atoms with E-state index in [9.17, 15) is 4.79 Å². The normalized spacial score (nSPS) is 15.5. The Morgan fingerprint density at radius 2 is 1.92 bits per heavy atom. The van der Waals surface area contributed by atoms with Crippen LogP contribution in [-0.4, -0.2) is 28.8 Å². The summed E-state index contributed by atoms with van der Waals surface area (Å²) >= 11 is 0. The predicted molar refractivity (Wildman–Crippen MR) is 94.1 cm³/mol. The molecule has 2 heterocycles. The maximum atomic E-state index is 12.4. The first-order valence-corrected chi connectivity index (χ1v) is 8.35. The number of carbonyl (C=O) groups is 1. The van der Waals surface area contributed by atoms with Gasteiger partial charge in [-0.25, -0.2) is 0 Å². The molecule has 1 aliphatic heterocycles. The summed E-state index contributed by atoms with van der Waals surface area (Å²) in [6.45, 7) is 2.13. The number of para-hydroxylation sites is 2. The van der Waals surface area contributed by atoms with Crippen molar-refractivity contribution in [3.63, 3.8) is 0 Å². The van der Waals surface area contributed by atoms with E-state index in [1.54, 1.807) is 18.2 Å². The molecule has 26 heavy (non-hydrogen) atoms. The van der Waals surface area contributed by atoms with E-state index in [1.807, 2.05) is 37.3 Å². The lowest BCUT2D eigenvalue weighted by Crippen LogP contribution is -2.40. The van der Waals surface area contributed by atoms with E-state index in [2.05, 4.69) is 15.5 Å². The molecule has 3 aromatic rings. The number of aromatic nitrogens is 2. The van der Waals surface area contributed by atoms with Gasteiger partial charge in [-0.3, -0.25) is 4.79 Å². The van der Waals surface area contributed by atoms with Crippen molar-refractivity contribution in [1.29, 1.82) is 0 Å². The number of nitrogens with one attached hydrogen (secondary N) is 1. The molecule has 0 bridgehead atoms. The minimum Gasteiger partial charge on any atom is -0.485 e. The molecule has 0 saturated carbocycles. The number of benzene rings is 2. The van der Waals surface area contributed by atoms with Gasteiger partial charge in [-0.2, -0.15) is 4.98 Å². The van der Waals surface area contributed by atoms with Gasteiger partial charge < -0.3 is 19.3 Å². The lowest BCUT2D eigenvalue weighted by atomic mass is 10.2. The number of amides is 1. The van der Waals surface area contributed by atoms with Crippen LogP contribution in [0.4, 0.5) is 5.69 Å². The lowest BCUT2D eigenvalue weighted by molar-refractivity contribution is -0.125. The van der Waals surface area contributed by atoms with Crippen LogP contribution >= 0.6 is 0 Å². The monoisotopic (exact) mass is 351 g/mol. The maximum Gasteiger partial charge on any atom is 0.269 e. The molecule has 0 radical (unpaired) electrons. The van der Waals surface area contributed by atoms with Crippen LogP contribution in [0.15, 0.2) is 53.1 Å². The third kappa shape index (κ3) is 3.23. The second-order valence-corrected chi connectivity index (χ2v) is 5.80. The number of carbonyl (C=O) groups excluding carboxylic acids is 1. The quantitative estimate of drug-likeness (QED) is 0.777. The molecule has 1 aromatic heterocycles. The first kappa shape index (κ1) is 16.1. The number of anilines is 1. The van der Waals surface area contributed by atoms with Gasteiger partial charge in [0.05, 0.1) is 0 Å². The highest BCUT2D eigenvalue weighted by atomic mass is 16.6. The molecule has 1 N–H and O–H groups in total. The molecule has 1 aliphatic rings. The zero-order valence-electron chi connectivity index (χ0n) is 14.1. The van der Waals surface area contributed by atoms with E-state index in [0.717, 1.165) is 5.56 Å². The van der Waals surface area contributed by atoms with Crippen LogP contribution in [0.3, 0.4) is 0 Å². The molecule has 7 nitrogen and oxygen atoms in total. The highest BCUT2D eigenvalue weighted by Gasteiger charge is 2.27. The summed E-state index contributed by atoms with van der Waals surface area (Å²) in [5.41, 5.74) is 1.44. The van der Waals surface area contributed by atoms with Crippen LogP contribution in [0.5, 0.6) is 11.5 Å². The van der Waals surface area contributed by atoms with Crippen LogP contribution in [0.25, 0.3) is 11.5 Å². The van der Waals surface area contributed by atoms with E-state index in [1.165, 1.54) is 0 Å². The molecular formula is C19H17N3O4. The van der Waals surface area contributed by atoms with Gasteiger partial charge in [0.25, 0.3) is 11.8 Å². The first-order chi connectivity index (χ1) is 12.7. The van der Waals surface area contributed by atoms with Crippen molar-refractivity contribution in [2.45, 2.75) is 19.4 Å². The van der Waals surface area contributed by atoms with Crippen LogP contribution in [0.2, 0.25) is 0 Å². The average molecular weight is 351 g/mol. The summed E-state index contributed by atoms with van der Waals surface area (Å²) < 4.78 is 16.5. The molecule has 7 heteroatoms. The van der Waals surface area contributed by atoms with Crippen molar-refractivity contribution in [2.75, 3.05) is 11.9 Å². The van der Waals surface area contributed by atoms with Crippen LogP contribution in [0, 0.1) is 0 Å². The molecule has 4 rings (SSSR count). The van der Waals surface area contributed by atoms with E-state index >= 15 is 0 Å². The standard InChI is InChI=1S/C19H17N3O4/c1-2-17-21-19(26-22-17)12-7-9-13(10-8-12)20-18(23)16-11-24-14-5-3-4-6-15(14)25-16/h3-10,16H,2,11H2,1H3,(H,20,23)/t16-/m1/s1. The highest BCUT2D eigenvalue weighted by molar-refractivity contribution is 5.94. The van der Waals surface area contributed by atoms with Gasteiger partial charge in [-0.15, -0.1) is 0 Å². The topological polar surface area (TPSA) is 86.5 Å². The van der Waals surface area contributed by atoms with Crippen molar-refractivity contribution in [2.24, 2.45) is 0 Å². The molecule has 0 aliphatic carbocycles. The third-order valence-corrected chi connectivity index (χ3v) is 3.98. The number of ether oxygens (including phenoxy) is 2. The summed E-state index contributed by atoms with van der Waals surface area (Å²) in [4.78, 5) is 16.7. The zero-order valence-corrected chi connectivity index (χ0v) is 14.1. The second-order valence-electron chi connectivity index (χ2n) is 5.80. The van der Waals surface area contributed by atoms with Gasteiger partial charge in [0.1, 0.15) is 6.61 Å². The Morgan fingerprint density at radius 3 is 2.65 bits per heavy atom. The minimum atomic E-state index is -0.701. The van der Waals surface area contributed by atoms with Crippen molar-refractivity contribution in [1.82, 2.24) is 10.1 Å².